The minimum Gasteiger partial charge on any atom is -0.481 e. The van der Waals surface area contributed by atoms with Crippen molar-refractivity contribution >= 4 is 12.0 Å². The Kier molecular flexibility index (Phi) is 5.25. The number of carbonyl (C=O) groups is 2. The molecule has 3 rings (SSSR count). The highest BCUT2D eigenvalue weighted by Gasteiger charge is 2.26. The molecule has 1 aromatic heterocycles. The van der Waals surface area contributed by atoms with E-state index in [2.05, 4.69) is 15.4 Å². The minimum atomic E-state index is -0.611. The molecule has 27 heavy (non-hydrogen) atoms. The van der Waals surface area contributed by atoms with Crippen molar-refractivity contribution in [1.82, 2.24) is 20.4 Å². The first kappa shape index (κ1) is 18.2. The lowest BCUT2D eigenvalue weighted by Crippen LogP contribution is -2.43. The predicted molar refractivity (Wildman–Crippen MR) is 91.9 cm³/mol. The Morgan fingerprint density at radius 2 is 1.93 bits per heavy atom. The van der Waals surface area contributed by atoms with Gasteiger partial charge in [-0.3, -0.25) is 10.2 Å². The Morgan fingerprint density at radius 1 is 1.22 bits per heavy atom. The standard InChI is InChI=1S/C17H18N4O6/c1-10-5-4-6-11(14(10)15(22)20-21-7-8-26-17(21)23)27-16-18-12(24-2)9-13(19-16)25-3/h4-6,9H,7-8H2,1-3H3,(H,20,22). The molecule has 1 aliphatic rings. The topological polar surface area (TPSA) is 112 Å². The third kappa shape index (κ3) is 4.00. The number of rotatable bonds is 6. The number of aryl methyl sites for hydroxylation is 1. The molecule has 0 saturated carbocycles. The lowest BCUT2D eigenvalue weighted by Gasteiger charge is -2.17. The maximum absolute atomic E-state index is 12.7. The molecule has 1 N–H and O–H groups in total. The molecule has 1 fully saturated rings. The van der Waals surface area contributed by atoms with Crippen LogP contribution in [0.2, 0.25) is 0 Å². The maximum Gasteiger partial charge on any atom is 0.428 e. The molecule has 0 spiro atoms. The number of hydrogen-bond acceptors (Lipinski definition) is 8. The second kappa shape index (κ2) is 7.77. The number of ether oxygens (including phenoxy) is 4. The van der Waals surface area contributed by atoms with E-state index in [9.17, 15) is 9.59 Å². The van der Waals surface area contributed by atoms with E-state index >= 15 is 0 Å². The number of hydrogen-bond donors (Lipinski definition) is 1. The van der Waals surface area contributed by atoms with E-state index in [1.165, 1.54) is 20.3 Å². The summed E-state index contributed by atoms with van der Waals surface area (Å²) in [5.74, 6) is 0.192. The molecule has 1 aromatic carbocycles. The molecular formula is C17H18N4O6. The highest BCUT2D eigenvalue weighted by molar-refractivity contribution is 5.99. The number of amides is 2. The van der Waals surface area contributed by atoms with E-state index < -0.39 is 12.0 Å². The summed E-state index contributed by atoms with van der Waals surface area (Å²) in [6, 6.07) is 6.52. The Balaban J connectivity index is 1.89. The quantitative estimate of drug-likeness (QED) is 0.813. The summed E-state index contributed by atoms with van der Waals surface area (Å²) in [6.07, 6.45) is -0.611. The Labute approximate surface area is 155 Å². The molecule has 142 valence electrons. The molecule has 0 bridgehead atoms. The van der Waals surface area contributed by atoms with Crippen molar-refractivity contribution < 1.29 is 28.5 Å². The van der Waals surface area contributed by atoms with Gasteiger partial charge in [0, 0.05) is 0 Å². The van der Waals surface area contributed by atoms with Crippen LogP contribution in [-0.2, 0) is 4.74 Å². The van der Waals surface area contributed by atoms with Crippen LogP contribution in [0.5, 0.6) is 23.5 Å². The number of nitrogens with one attached hydrogen (secondary N) is 1. The van der Waals surface area contributed by atoms with Crippen molar-refractivity contribution in [2.75, 3.05) is 27.4 Å². The second-order valence-electron chi connectivity index (χ2n) is 5.49. The zero-order chi connectivity index (χ0) is 19.4. The predicted octanol–water partition coefficient (Wildman–Crippen LogP) is 1.69. The van der Waals surface area contributed by atoms with Crippen LogP contribution in [0.25, 0.3) is 0 Å². The van der Waals surface area contributed by atoms with Crippen LogP contribution in [0.4, 0.5) is 4.79 Å². The summed E-state index contributed by atoms with van der Waals surface area (Å²) in [7, 11) is 2.90. The first-order valence-corrected chi connectivity index (χ1v) is 8.01. The minimum absolute atomic E-state index is 0.0496. The van der Waals surface area contributed by atoms with E-state index in [1.807, 2.05) is 0 Å². The lowest BCUT2D eigenvalue weighted by atomic mass is 10.1. The molecule has 2 aromatic rings. The van der Waals surface area contributed by atoms with Gasteiger partial charge in [-0.05, 0) is 18.6 Å². The van der Waals surface area contributed by atoms with Crippen molar-refractivity contribution in [1.29, 1.82) is 0 Å². The maximum atomic E-state index is 12.7. The highest BCUT2D eigenvalue weighted by Crippen LogP contribution is 2.28. The van der Waals surface area contributed by atoms with Gasteiger partial charge in [0.25, 0.3) is 5.91 Å². The Bertz CT molecular complexity index is 850. The normalized spacial score (nSPS) is 13.1. The first-order valence-electron chi connectivity index (χ1n) is 8.01. The molecule has 0 atom stereocenters. The van der Waals surface area contributed by atoms with Gasteiger partial charge in [-0.15, -0.1) is 0 Å². The molecule has 10 heteroatoms. The summed E-state index contributed by atoms with van der Waals surface area (Å²) in [5.41, 5.74) is 3.39. The van der Waals surface area contributed by atoms with Crippen molar-refractivity contribution in [2.24, 2.45) is 0 Å². The smallest absolute Gasteiger partial charge is 0.428 e. The summed E-state index contributed by atoms with van der Waals surface area (Å²) >= 11 is 0. The number of nitrogens with zero attached hydrogens (tertiary/aromatic N) is 3. The van der Waals surface area contributed by atoms with Crippen LogP contribution in [0.1, 0.15) is 15.9 Å². The van der Waals surface area contributed by atoms with Crippen LogP contribution in [0, 0.1) is 6.92 Å². The summed E-state index contributed by atoms with van der Waals surface area (Å²) in [5, 5.41) is 1.10. The van der Waals surface area contributed by atoms with Gasteiger partial charge >= 0.3 is 12.1 Å². The van der Waals surface area contributed by atoms with Gasteiger partial charge in [-0.2, -0.15) is 9.97 Å². The molecule has 0 aliphatic carbocycles. The summed E-state index contributed by atoms with van der Waals surface area (Å²) in [6.45, 7) is 2.23. The summed E-state index contributed by atoms with van der Waals surface area (Å²) in [4.78, 5) is 32.4. The van der Waals surface area contributed by atoms with Crippen molar-refractivity contribution in [3.05, 3.63) is 35.4 Å². The van der Waals surface area contributed by atoms with Crippen molar-refractivity contribution in [3.63, 3.8) is 0 Å². The molecule has 0 unspecified atom stereocenters. The number of aromatic nitrogens is 2. The number of cyclic esters (lactones) is 1. The fourth-order valence-corrected chi connectivity index (χ4v) is 2.43. The van der Waals surface area contributed by atoms with Crippen LogP contribution in [0.15, 0.2) is 24.3 Å². The van der Waals surface area contributed by atoms with E-state index in [-0.39, 0.29) is 42.2 Å². The average Bonchev–Trinajstić information content (AvgIpc) is 3.06. The molecular weight excluding hydrogens is 356 g/mol. The van der Waals surface area contributed by atoms with Crippen molar-refractivity contribution in [3.8, 4) is 23.5 Å². The average molecular weight is 374 g/mol. The van der Waals surface area contributed by atoms with Gasteiger partial charge in [0.2, 0.25) is 11.8 Å². The number of benzene rings is 1. The van der Waals surface area contributed by atoms with E-state index in [4.69, 9.17) is 18.9 Å². The lowest BCUT2D eigenvalue weighted by molar-refractivity contribution is 0.0828. The first-order chi connectivity index (χ1) is 13.0. The van der Waals surface area contributed by atoms with Crippen molar-refractivity contribution in [2.45, 2.75) is 6.92 Å². The molecule has 0 radical (unpaired) electrons. The number of hydrazine groups is 1. The monoisotopic (exact) mass is 374 g/mol. The fourth-order valence-electron chi connectivity index (χ4n) is 2.43. The van der Waals surface area contributed by atoms with Crippen LogP contribution in [0.3, 0.4) is 0 Å². The largest absolute Gasteiger partial charge is 0.481 e. The van der Waals surface area contributed by atoms with Gasteiger partial charge in [0.15, 0.2) is 0 Å². The molecule has 10 nitrogen and oxygen atoms in total. The second-order valence-corrected chi connectivity index (χ2v) is 5.49. The van der Waals surface area contributed by atoms with Gasteiger partial charge in [-0.25, -0.2) is 9.80 Å². The third-order valence-electron chi connectivity index (χ3n) is 3.74. The Hall–Kier alpha value is -3.56. The SMILES string of the molecule is COc1cc(OC)nc(Oc2cccc(C)c2C(=O)NN2CCOC2=O)n1. The van der Waals surface area contributed by atoms with E-state index in [0.29, 0.717) is 5.56 Å². The van der Waals surface area contributed by atoms with Crippen LogP contribution >= 0.6 is 0 Å². The molecule has 1 saturated heterocycles. The number of methoxy groups -OCH3 is 2. The highest BCUT2D eigenvalue weighted by atomic mass is 16.6. The third-order valence-corrected chi connectivity index (χ3v) is 3.74. The zero-order valence-corrected chi connectivity index (χ0v) is 15.0. The van der Waals surface area contributed by atoms with Gasteiger partial charge in [0.1, 0.15) is 12.4 Å². The Morgan fingerprint density at radius 3 is 2.52 bits per heavy atom. The number of carbonyl (C=O) groups excluding carboxylic acids is 2. The van der Waals surface area contributed by atoms with Crippen LogP contribution in [-0.4, -0.2) is 54.3 Å². The fraction of sp³-hybridized carbons (Fsp3) is 0.294. The summed E-state index contributed by atoms with van der Waals surface area (Å²) < 4.78 is 20.7. The van der Waals surface area contributed by atoms with Gasteiger partial charge in [-0.1, -0.05) is 12.1 Å². The molecule has 2 amide bonds. The molecule has 2 heterocycles. The van der Waals surface area contributed by atoms with E-state index in [0.717, 1.165) is 5.01 Å². The van der Waals surface area contributed by atoms with Crippen LogP contribution < -0.4 is 19.6 Å². The van der Waals surface area contributed by atoms with Gasteiger partial charge < -0.3 is 18.9 Å². The molecule has 1 aliphatic heterocycles. The van der Waals surface area contributed by atoms with E-state index in [1.54, 1.807) is 25.1 Å². The van der Waals surface area contributed by atoms with Gasteiger partial charge in [0.05, 0.1) is 32.4 Å². The zero-order valence-electron chi connectivity index (χ0n) is 15.0.